The molecule has 0 bridgehead atoms. The number of ether oxygens (including phenoxy) is 1. The van der Waals surface area contributed by atoms with E-state index in [4.69, 9.17) is 37.4 Å². The van der Waals surface area contributed by atoms with Crippen LogP contribution in [0.2, 0.25) is 5.02 Å². The average Bonchev–Trinajstić information content (AvgIpc) is 2.87. The molecule has 1 amide bonds. The Labute approximate surface area is 216 Å². The molecule has 194 valence electrons. The van der Waals surface area contributed by atoms with Gasteiger partial charge in [-0.3, -0.25) is 25.9 Å². The summed E-state index contributed by atoms with van der Waals surface area (Å²) in [5.74, 6) is 1.21. The van der Waals surface area contributed by atoms with Gasteiger partial charge in [0, 0.05) is 22.1 Å². The van der Waals surface area contributed by atoms with Gasteiger partial charge in [-0.25, -0.2) is 0 Å². The zero-order valence-electron chi connectivity index (χ0n) is 22.3. The number of anilines is 1. The van der Waals surface area contributed by atoms with E-state index in [0.29, 0.717) is 33.4 Å². The summed E-state index contributed by atoms with van der Waals surface area (Å²) in [5, 5.41) is 26.3. The number of benzene rings is 2. The smallest absolute Gasteiger partial charge is 0.204 e. The van der Waals surface area contributed by atoms with Crippen molar-refractivity contribution >= 4 is 41.1 Å². The number of carbonyl (C=O) groups excluding carboxylic acids is 1. The number of rotatable bonds is 7. The number of amides is 1. The maximum absolute atomic E-state index is 8.75. The number of nitrogens with one attached hydrogen (secondary N) is 3. The van der Waals surface area contributed by atoms with E-state index in [9.17, 15) is 0 Å². The molecule has 2 aromatic rings. The number of hydrogen-bond donors (Lipinski definition) is 4. The lowest BCUT2D eigenvalue weighted by Crippen LogP contribution is -2.39. The first-order chi connectivity index (χ1) is 16.7. The minimum Gasteiger partial charge on any atom is -0.497 e. The molecule has 0 saturated carbocycles. The number of hydrogen-bond acceptors (Lipinski definition) is 5. The Morgan fingerprint density at radius 1 is 1.09 bits per heavy atom. The van der Waals surface area contributed by atoms with Crippen molar-refractivity contribution in [3.63, 3.8) is 0 Å². The van der Waals surface area contributed by atoms with Gasteiger partial charge in [0.1, 0.15) is 17.4 Å². The van der Waals surface area contributed by atoms with Crippen LogP contribution in [0.5, 0.6) is 5.75 Å². The molecule has 0 aliphatic rings. The predicted octanol–water partition coefficient (Wildman–Crippen LogP) is 7.14. The van der Waals surface area contributed by atoms with E-state index >= 15 is 0 Å². The molecule has 7 nitrogen and oxygen atoms in total. The van der Waals surface area contributed by atoms with Gasteiger partial charge < -0.3 is 10.5 Å². The number of carbonyl (C=O) groups is 1. The average molecular weight is 504 g/mol. The molecule has 8 heteroatoms. The Bertz CT molecular complexity index is 930. The summed E-state index contributed by atoms with van der Waals surface area (Å²) in [5.41, 5.74) is 6.38. The topological polar surface area (TPSA) is 127 Å². The molecule has 5 N–H and O–H groups in total. The minimum absolute atomic E-state index is 0.00460. The molecule has 0 aliphatic carbocycles. The van der Waals surface area contributed by atoms with Crippen LogP contribution in [0.4, 0.5) is 5.69 Å². The van der Waals surface area contributed by atoms with Crippen molar-refractivity contribution in [2.75, 3.05) is 12.0 Å². The van der Waals surface area contributed by atoms with Crippen LogP contribution in [0.15, 0.2) is 42.5 Å². The van der Waals surface area contributed by atoms with Crippen molar-refractivity contribution in [1.29, 1.82) is 16.2 Å². The fourth-order valence-corrected chi connectivity index (χ4v) is 3.22. The lowest BCUT2D eigenvalue weighted by atomic mass is 9.98. The zero-order chi connectivity index (χ0) is 27.6. The third-order valence-corrected chi connectivity index (χ3v) is 4.86. The van der Waals surface area contributed by atoms with Gasteiger partial charge >= 0.3 is 0 Å². The molecule has 0 saturated heterocycles. The van der Waals surface area contributed by atoms with Crippen molar-refractivity contribution in [2.45, 2.75) is 61.3 Å². The third kappa shape index (κ3) is 10.7. The Morgan fingerprint density at radius 3 is 2.03 bits per heavy atom. The van der Waals surface area contributed by atoms with Crippen LogP contribution in [0, 0.1) is 22.1 Å². The molecule has 0 radical (unpaired) electrons. The van der Waals surface area contributed by atoms with Crippen LogP contribution in [-0.4, -0.2) is 30.9 Å². The van der Waals surface area contributed by atoms with E-state index < -0.39 is 0 Å². The maximum Gasteiger partial charge on any atom is 0.204 e. The van der Waals surface area contributed by atoms with Crippen molar-refractivity contribution < 1.29 is 9.53 Å². The lowest BCUT2D eigenvalue weighted by Gasteiger charge is -2.29. The number of nitrogens with two attached hydrogens (primary N) is 1. The summed E-state index contributed by atoms with van der Waals surface area (Å²) in [6.45, 7) is 13.7. The predicted molar refractivity (Wildman–Crippen MR) is 151 cm³/mol. The Hall–Kier alpha value is -3.19. The van der Waals surface area contributed by atoms with E-state index in [1.165, 1.54) is 0 Å². The van der Waals surface area contributed by atoms with Gasteiger partial charge in [0.25, 0.3) is 0 Å². The van der Waals surface area contributed by atoms with Crippen LogP contribution in [0.1, 0.15) is 72.4 Å². The Morgan fingerprint density at radius 2 is 1.60 bits per heavy atom. The molecule has 35 heavy (non-hydrogen) atoms. The first-order valence-electron chi connectivity index (χ1n) is 11.8. The summed E-state index contributed by atoms with van der Waals surface area (Å²) >= 11 is 5.98. The van der Waals surface area contributed by atoms with Gasteiger partial charge in [0.2, 0.25) is 6.41 Å². The largest absolute Gasteiger partial charge is 0.497 e. The molecular formula is C27H42ClN5O2. The fourth-order valence-electron chi connectivity index (χ4n) is 3.09. The highest BCUT2D eigenvalue weighted by atomic mass is 35.5. The van der Waals surface area contributed by atoms with Crippen LogP contribution in [0.25, 0.3) is 0 Å². The molecule has 0 aromatic heterocycles. The van der Waals surface area contributed by atoms with Gasteiger partial charge in [-0.1, -0.05) is 71.7 Å². The molecule has 1 unspecified atom stereocenters. The summed E-state index contributed by atoms with van der Waals surface area (Å²) < 4.78 is 5.36. The first-order valence-corrected chi connectivity index (χ1v) is 12.2. The quantitative estimate of drug-likeness (QED) is 0.182. The highest BCUT2D eigenvalue weighted by Gasteiger charge is 2.24. The summed E-state index contributed by atoms with van der Waals surface area (Å²) in [4.78, 5) is 10.2. The number of primary amides is 1. The Balaban J connectivity index is 0. The van der Waals surface area contributed by atoms with Gasteiger partial charge in [-0.15, -0.1) is 0 Å². The Kier molecular flexibility index (Phi) is 18.6. The number of amidine groups is 2. The molecule has 0 heterocycles. The second kappa shape index (κ2) is 19.2. The van der Waals surface area contributed by atoms with Gasteiger partial charge in [0.05, 0.1) is 18.5 Å². The molecule has 0 spiro atoms. The van der Waals surface area contributed by atoms with E-state index in [1.54, 1.807) is 55.3 Å². The summed E-state index contributed by atoms with van der Waals surface area (Å²) in [6, 6.07) is 12.5. The van der Waals surface area contributed by atoms with E-state index in [1.807, 2.05) is 40.7 Å². The van der Waals surface area contributed by atoms with Crippen LogP contribution < -0.4 is 15.4 Å². The molecular weight excluding hydrogens is 462 g/mol. The SMILES string of the molecule is CC.CC.CCCC(C)C(=N)N(C(C)=N)c1ccc(OC)cc1C(=N)c1ccc(Cl)cc1.NC=O. The van der Waals surface area contributed by atoms with Crippen molar-refractivity contribution in [1.82, 2.24) is 0 Å². The number of nitrogens with zero attached hydrogens (tertiary/aromatic N) is 1. The van der Waals surface area contributed by atoms with Crippen molar-refractivity contribution in [3.05, 3.63) is 58.6 Å². The van der Waals surface area contributed by atoms with Crippen molar-refractivity contribution in [2.24, 2.45) is 11.7 Å². The second-order valence-corrected chi connectivity index (χ2v) is 7.33. The van der Waals surface area contributed by atoms with Crippen LogP contribution >= 0.6 is 11.6 Å². The first kappa shape index (κ1) is 34.0. The fraction of sp³-hybridized carbons (Fsp3) is 0.407. The van der Waals surface area contributed by atoms with E-state index in [2.05, 4.69) is 12.7 Å². The molecule has 2 rings (SSSR count). The number of methoxy groups -OCH3 is 1. The highest BCUT2D eigenvalue weighted by molar-refractivity contribution is 6.30. The monoisotopic (exact) mass is 503 g/mol. The highest BCUT2D eigenvalue weighted by Crippen LogP contribution is 2.30. The van der Waals surface area contributed by atoms with Gasteiger partial charge in [-0.2, -0.15) is 0 Å². The molecule has 1 atom stereocenters. The van der Waals surface area contributed by atoms with E-state index in [-0.39, 0.29) is 23.9 Å². The summed E-state index contributed by atoms with van der Waals surface area (Å²) in [6.07, 6.45) is 2.08. The van der Waals surface area contributed by atoms with Gasteiger partial charge in [-0.05, 0) is 43.7 Å². The normalized spacial score (nSPS) is 9.97. The van der Waals surface area contributed by atoms with Crippen LogP contribution in [0.3, 0.4) is 0 Å². The molecule has 0 fully saturated rings. The van der Waals surface area contributed by atoms with Gasteiger partial charge in [0.15, 0.2) is 0 Å². The lowest BCUT2D eigenvalue weighted by molar-refractivity contribution is -0.106. The standard InChI is InChI=1S/C22H27ClN4O.2C2H6.CH3NO/c1-5-6-14(2)22(26)27(15(3)24)20-12-11-18(28-4)13-19(20)21(25)16-7-9-17(23)10-8-16;2*1-2;2-1-3/h7-14,24-26H,5-6H2,1-4H3;2*1-2H3;1H,(H2,2,3). The van der Waals surface area contributed by atoms with Crippen molar-refractivity contribution in [3.8, 4) is 5.75 Å². The third-order valence-electron chi connectivity index (χ3n) is 4.61. The molecule has 0 aliphatic heterocycles. The molecule has 2 aromatic carbocycles. The van der Waals surface area contributed by atoms with Crippen LogP contribution in [-0.2, 0) is 4.79 Å². The minimum atomic E-state index is 0.00460. The second-order valence-electron chi connectivity index (χ2n) is 6.90. The zero-order valence-corrected chi connectivity index (χ0v) is 23.1. The maximum atomic E-state index is 8.75. The number of halogens is 1. The van der Waals surface area contributed by atoms with E-state index in [0.717, 1.165) is 12.8 Å². The summed E-state index contributed by atoms with van der Waals surface area (Å²) in [7, 11) is 1.58.